The first-order chi connectivity index (χ1) is 13.0. The molecule has 0 aromatic heterocycles. The zero-order chi connectivity index (χ0) is 18.4. The molecule has 0 radical (unpaired) electrons. The van der Waals surface area contributed by atoms with Crippen LogP contribution in [-0.2, 0) is 0 Å². The molecule has 0 heteroatoms. The van der Waals surface area contributed by atoms with Crippen molar-refractivity contribution in [3.63, 3.8) is 0 Å². The Bertz CT molecular complexity index is 412. The molecule has 1 aliphatic carbocycles. The molecule has 0 aromatic rings. The van der Waals surface area contributed by atoms with Crippen LogP contribution in [0, 0.1) is 0 Å². The highest BCUT2D eigenvalue weighted by molar-refractivity contribution is 5.19. The van der Waals surface area contributed by atoms with Crippen LogP contribution >= 0.6 is 0 Å². The summed E-state index contributed by atoms with van der Waals surface area (Å²) < 4.78 is 0. The van der Waals surface area contributed by atoms with E-state index in [0.29, 0.717) is 0 Å². The first-order valence-electron chi connectivity index (χ1n) is 11.0. The van der Waals surface area contributed by atoms with E-state index >= 15 is 0 Å². The molecule has 1 rings (SSSR count). The maximum absolute atomic E-state index is 2.29. The summed E-state index contributed by atoms with van der Waals surface area (Å²) in [6.07, 6.45) is 45.0. The SMILES string of the molecule is C1=CCCCCCCCCCCCCCC\C=C/C=C\C=C/C=C\C=C/1. The molecule has 0 unspecified atom stereocenters. The molecule has 0 aromatic carbocycles. The second kappa shape index (κ2) is 19.8. The number of hydrogen-bond acceptors (Lipinski definition) is 0. The third-order valence-electron chi connectivity index (χ3n) is 4.76. The first kappa shape index (κ1) is 22.5. The second-order valence-electron chi connectivity index (χ2n) is 7.22. The summed E-state index contributed by atoms with van der Waals surface area (Å²) in [6, 6.07) is 0. The molecule has 0 nitrogen and oxygen atoms in total. The molecule has 0 saturated carbocycles. The fraction of sp³-hybridized carbons (Fsp3) is 0.538. The van der Waals surface area contributed by atoms with Crippen molar-refractivity contribution in [1.29, 1.82) is 0 Å². The zero-order valence-corrected chi connectivity index (χ0v) is 16.8. The summed E-state index contributed by atoms with van der Waals surface area (Å²) in [4.78, 5) is 0. The molecule has 0 heterocycles. The third kappa shape index (κ3) is 17.3. The van der Waals surface area contributed by atoms with E-state index in [1.165, 1.54) is 89.9 Å². The molecule has 26 heavy (non-hydrogen) atoms. The Kier molecular flexibility index (Phi) is 17.1. The summed E-state index contributed by atoms with van der Waals surface area (Å²) in [5, 5.41) is 0. The van der Waals surface area contributed by atoms with Gasteiger partial charge < -0.3 is 0 Å². The Morgan fingerprint density at radius 3 is 0.769 bits per heavy atom. The van der Waals surface area contributed by atoms with Gasteiger partial charge in [0, 0.05) is 0 Å². The molecular formula is C26H40. The molecule has 0 N–H and O–H groups in total. The smallest absolute Gasteiger partial charge is 0.0348 e. The van der Waals surface area contributed by atoms with Crippen molar-refractivity contribution in [2.24, 2.45) is 0 Å². The predicted molar refractivity (Wildman–Crippen MR) is 119 cm³/mol. The average molecular weight is 353 g/mol. The molecule has 0 spiro atoms. The number of rotatable bonds is 0. The topological polar surface area (TPSA) is 0 Å². The van der Waals surface area contributed by atoms with Gasteiger partial charge >= 0.3 is 0 Å². The Morgan fingerprint density at radius 2 is 0.462 bits per heavy atom. The van der Waals surface area contributed by atoms with Gasteiger partial charge in [0.2, 0.25) is 0 Å². The Hall–Kier alpha value is -1.56. The first-order valence-corrected chi connectivity index (χ1v) is 11.0. The van der Waals surface area contributed by atoms with Crippen molar-refractivity contribution in [1.82, 2.24) is 0 Å². The lowest BCUT2D eigenvalue weighted by Gasteiger charge is -2.02. The van der Waals surface area contributed by atoms with Crippen molar-refractivity contribution < 1.29 is 0 Å². The largest absolute Gasteiger partial charge is 0.0845 e. The van der Waals surface area contributed by atoms with Crippen molar-refractivity contribution >= 4 is 0 Å². The fourth-order valence-electron chi connectivity index (χ4n) is 3.15. The summed E-state index contributed by atoms with van der Waals surface area (Å²) >= 11 is 0. The monoisotopic (exact) mass is 352 g/mol. The van der Waals surface area contributed by atoms with Crippen LogP contribution in [0.3, 0.4) is 0 Å². The Balaban J connectivity index is 2.28. The van der Waals surface area contributed by atoms with Crippen molar-refractivity contribution in [3.8, 4) is 0 Å². The number of allylic oxidation sites excluding steroid dienone is 12. The van der Waals surface area contributed by atoms with Gasteiger partial charge in [-0.15, -0.1) is 0 Å². The van der Waals surface area contributed by atoms with Gasteiger partial charge in [-0.1, -0.05) is 137 Å². The molecule has 0 bridgehead atoms. The van der Waals surface area contributed by atoms with E-state index in [4.69, 9.17) is 0 Å². The van der Waals surface area contributed by atoms with Gasteiger partial charge in [0.25, 0.3) is 0 Å². The van der Waals surface area contributed by atoms with E-state index in [9.17, 15) is 0 Å². The predicted octanol–water partition coefficient (Wildman–Crippen LogP) is 8.80. The minimum Gasteiger partial charge on any atom is -0.0845 e. The van der Waals surface area contributed by atoms with E-state index < -0.39 is 0 Å². The summed E-state index contributed by atoms with van der Waals surface area (Å²) in [7, 11) is 0. The number of hydrogen-bond donors (Lipinski definition) is 0. The zero-order valence-electron chi connectivity index (χ0n) is 16.8. The molecule has 1 aliphatic rings. The third-order valence-corrected chi connectivity index (χ3v) is 4.76. The van der Waals surface area contributed by atoms with Crippen molar-refractivity contribution in [2.75, 3.05) is 0 Å². The van der Waals surface area contributed by atoms with Gasteiger partial charge in [0.05, 0.1) is 0 Å². The van der Waals surface area contributed by atoms with Crippen molar-refractivity contribution in [2.45, 2.75) is 89.9 Å². The minimum absolute atomic E-state index is 1.21. The maximum atomic E-state index is 2.29. The van der Waals surface area contributed by atoms with Gasteiger partial charge in [-0.2, -0.15) is 0 Å². The van der Waals surface area contributed by atoms with E-state index in [-0.39, 0.29) is 0 Å². The van der Waals surface area contributed by atoms with Crippen LogP contribution in [0.4, 0.5) is 0 Å². The summed E-state index contributed by atoms with van der Waals surface area (Å²) in [5.74, 6) is 0. The molecule has 144 valence electrons. The summed E-state index contributed by atoms with van der Waals surface area (Å²) in [5.41, 5.74) is 0. The van der Waals surface area contributed by atoms with Crippen LogP contribution in [0.2, 0.25) is 0 Å². The van der Waals surface area contributed by atoms with Crippen LogP contribution in [0.25, 0.3) is 0 Å². The van der Waals surface area contributed by atoms with Crippen LogP contribution in [0.1, 0.15) is 89.9 Å². The molecule has 0 fully saturated rings. The van der Waals surface area contributed by atoms with Gasteiger partial charge in [-0.05, 0) is 25.7 Å². The van der Waals surface area contributed by atoms with E-state index in [1.54, 1.807) is 0 Å². The maximum Gasteiger partial charge on any atom is -0.0348 e. The molecule has 0 aliphatic heterocycles. The lowest BCUT2D eigenvalue weighted by atomic mass is 10.0. The van der Waals surface area contributed by atoms with E-state index in [2.05, 4.69) is 72.9 Å². The van der Waals surface area contributed by atoms with Gasteiger partial charge in [-0.3, -0.25) is 0 Å². The highest BCUT2D eigenvalue weighted by Gasteiger charge is 1.93. The Labute approximate surface area is 163 Å². The van der Waals surface area contributed by atoms with Crippen LogP contribution in [-0.4, -0.2) is 0 Å². The van der Waals surface area contributed by atoms with Gasteiger partial charge in [0.1, 0.15) is 0 Å². The fourth-order valence-corrected chi connectivity index (χ4v) is 3.15. The highest BCUT2D eigenvalue weighted by atomic mass is 14.0. The highest BCUT2D eigenvalue weighted by Crippen LogP contribution is 2.13. The minimum atomic E-state index is 1.21. The lowest BCUT2D eigenvalue weighted by molar-refractivity contribution is 0.542. The average Bonchev–Trinajstić information content (AvgIpc) is 2.65. The standard InChI is InChI=1S/C26H40/c1-2-4-6-8-10-12-14-16-18-20-22-24-26-25-23-21-19-17-15-13-11-9-7-5-3-1/h1-12H,13-26H2/b3-1-,4-2-,7-5-,8-6-,11-9-,12-10?. The molecular weight excluding hydrogens is 312 g/mol. The van der Waals surface area contributed by atoms with Crippen LogP contribution in [0.5, 0.6) is 0 Å². The normalized spacial score (nSPS) is 26.5. The van der Waals surface area contributed by atoms with Crippen LogP contribution in [0.15, 0.2) is 72.9 Å². The second-order valence-corrected chi connectivity index (χ2v) is 7.22. The van der Waals surface area contributed by atoms with Gasteiger partial charge in [-0.25, -0.2) is 0 Å². The van der Waals surface area contributed by atoms with E-state index in [0.717, 1.165) is 0 Å². The van der Waals surface area contributed by atoms with Gasteiger partial charge in [0.15, 0.2) is 0 Å². The lowest BCUT2D eigenvalue weighted by Crippen LogP contribution is -1.82. The van der Waals surface area contributed by atoms with Crippen molar-refractivity contribution in [3.05, 3.63) is 72.9 Å². The van der Waals surface area contributed by atoms with E-state index in [1.807, 2.05) is 0 Å². The quantitative estimate of drug-likeness (QED) is 0.408. The van der Waals surface area contributed by atoms with Crippen LogP contribution < -0.4 is 0 Å². The summed E-state index contributed by atoms with van der Waals surface area (Å²) in [6.45, 7) is 0. The molecule has 0 saturated heterocycles. The Morgan fingerprint density at radius 1 is 0.231 bits per heavy atom. The molecule has 0 amide bonds. The molecule has 0 atom stereocenters.